The molecule has 4 N–H and O–H groups in total. The molecule has 0 spiro atoms. The fourth-order valence-corrected chi connectivity index (χ4v) is 6.65. The molecule has 304 valence electrons. The Morgan fingerprint density at radius 3 is 1.33 bits per heavy atom. The molecule has 0 aliphatic carbocycles. The van der Waals surface area contributed by atoms with Gasteiger partial charge in [-0.05, 0) is 71.8 Å². The number of rotatable bonds is 8. The molecule has 0 radical (unpaired) electrons. The van der Waals surface area contributed by atoms with Gasteiger partial charge in [-0.25, -0.2) is 0 Å². The van der Waals surface area contributed by atoms with Gasteiger partial charge in [0.1, 0.15) is 12.7 Å². The molecule has 1 aromatic heterocycles. The Balaban J connectivity index is 0.000000196. The van der Waals surface area contributed by atoms with E-state index in [4.69, 9.17) is 61.8 Å². The third-order valence-corrected chi connectivity index (χ3v) is 9.27. The van der Waals surface area contributed by atoms with Crippen LogP contribution >= 0.6 is 46.4 Å². The Labute approximate surface area is 344 Å². The van der Waals surface area contributed by atoms with Gasteiger partial charge >= 0.3 is 12.4 Å². The third-order valence-electron chi connectivity index (χ3n) is 8.39. The average molecular weight is 890 g/mol. The number of hydrogen-bond acceptors (Lipinski definition) is 9. The van der Waals surface area contributed by atoms with E-state index >= 15 is 0 Å². The summed E-state index contributed by atoms with van der Waals surface area (Å²) in [6.45, 7) is 0. The summed E-state index contributed by atoms with van der Waals surface area (Å²) in [5, 5.41) is 15.2. The van der Waals surface area contributed by atoms with E-state index in [0.29, 0.717) is 29.6 Å². The predicted molar refractivity (Wildman–Crippen MR) is 203 cm³/mol. The highest BCUT2D eigenvalue weighted by Crippen LogP contribution is 2.51. The van der Waals surface area contributed by atoms with Gasteiger partial charge in [0.2, 0.25) is 12.8 Å². The maximum Gasteiger partial charge on any atom is 0.435 e. The number of nitrogens with one attached hydrogen (secondary N) is 2. The second-order valence-electron chi connectivity index (χ2n) is 12.1. The molecule has 12 nitrogen and oxygen atoms in total. The van der Waals surface area contributed by atoms with Crippen molar-refractivity contribution in [1.29, 1.82) is 0 Å². The summed E-state index contributed by atoms with van der Waals surface area (Å²) >= 11 is 23.5. The first-order valence-electron chi connectivity index (χ1n) is 16.2. The van der Waals surface area contributed by atoms with E-state index in [0.717, 1.165) is 5.69 Å². The lowest BCUT2D eigenvalue weighted by Gasteiger charge is -2.29. The average Bonchev–Trinajstić information content (AvgIpc) is 3.96. The molecule has 2 aliphatic rings. The van der Waals surface area contributed by atoms with Gasteiger partial charge in [0.25, 0.3) is 11.2 Å². The summed E-state index contributed by atoms with van der Waals surface area (Å²) in [4.78, 5) is 28.4. The monoisotopic (exact) mass is 888 g/mol. The summed E-state index contributed by atoms with van der Waals surface area (Å²) in [7, 11) is 0. The smallest absolute Gasteiger partial charge is 0.399 e. The minimum absolute atomic E-state index is 0.0847. The standard InChI is InChI=1S/C18H11Cl2F3N4O.C16H11Cl2F3N2O.C2H4N2O2/c19-13-5-12(6-14(20)7-13)17(18(21,22)23)8-16(26-28-17)11-1-3-15(4-2-11)27-9-24-25-10-27;17-11-5-10(6-12(18)7-11)15(16(19,20)21)8-14(23-24-15)9-1-3-13(22)4-2-9;5-1-3-4-2-6/h1-7,9-10H,8H2;1-7H,8,22H2;1-2H,(H,3,5)(H,4,6). The highest BCUT2D eigenvalue weighted by atomic mass is 35.5. The maximum absolute atomic E-state index is 14.0. The zero-order chi connectivity index (χ0) is 42.3. The van der Waals surface area contributed by atoms with E-state index in [2.05, 4.69) is 20.5 Å². The fraction of sp³-hybridized carbons (Fsp3) is 0.167. The van der Waals surface area contributed by atoms with Crippen molar-refractivity contribution in [2.75, 3.05) is 5.73 Å². The van der Waals surface area contributed by atoms with Gasteiger partial charge in [-0.15, -0.1) is 10.2 Å². The summed E-state index contributed by atoms with van der Waals surface area (Å²) < 4.78 is 85.1. The van der Waals surface area contributed by atoms with Crippen LogP contribution in [-0.4, -0.2) is 51.4 Å². The summed E-state index contributed by atoms with van der Waals surface area (Å²) in [6, 6.07) is 20.6. The number of aromatic nitrogens is 3. The van der Waals surface area contributed by atoms with Crippen molar-refractivity contribution < 1.29 is 45.6 Å². The summed E-state index contributed by atoms with van der Waals surface area (Å²) in [5.41, 5.74) is 6.34. The van der Waals surface area contributed by atoms with Crippen LogP contribution in [0.4, 0.5) is 32.0 Å². The van der Waals surface area contributed by atoms with Crippen LogP contribution in [0.5, 0.6) is 0 Å². The molecule has 0 saturated carbocycles. The Hall–Kier alpha value is -5.56. The minimum Gasteiger partial charge on any atom is -0.399 e. The van der Waals surface area contributed by atoms with Gasteiger partial charge in [-0.1, -0.05) is 81.0 Å². The molecular weight excluding hydrogens is 864 g/mol. The van der Waals surface area contributed by atoms with Gasteiger partial charge in [0, 0.05) is 55.4 Å². The Morgan fingerprint density at radius 1 is 0.621 bits per heavy atom. The molecule has 2 aliphatic heterocycles. The number of oxime groups is 2. The molecule has 3 heterocycles. The van der Waals surface area contributed by atoms with Crippen molar-refractivity contribution in [1.82, 2.24) is 25.6 Å². The number of hydrogen-bond donors (Lipinski definition) is 3. The van der Waals surface area contributed by atoms with Gasteiger partial charge in [-0.3, -0.25) is 25.0 Å². The number of carbonyl (C=O) groups is 2. The molecule has 0 bridgehead atoms. The molecule has 0 saturated heterocycles. The lowest BCUT2D eigenvalue weighted by atomic mass is 9.86. The first-order valence-corrected chi connectivity index (χ1v) is 17.7. The normalized spacial score (nSPS) is 18.5. The van der Waals surface area contributed by atoms with Crippen molar-refractivity contribution in [2.45, 2.75) is 36.4 Å². The Morgan fingerprint density at radius 2 is 0.983 bits per heavy atom. The lowest BCUT2D eigenvalue weighted by Crippen LogP contribution is -2.42. The van der Waals surface area contributed by atoms with Crippen molar-refractivity contribution in [3.05, 3.63) is 140 Å². The minimum atomic E-state index is -4.73. The van der Waals surface area contributed by atoms with Crippen LogP contribution in [0.15, 0.2) is 108 Å². The van der Waals surface area contributed by atoms with E-state index in [1.54, 1.807) is 53.1 Å². The van der Waals surface area contributed by atoms with E-state index in [-0.39, 0.29) is 42.6 Å². The van der Waals surface area contributed by atoms with Crippen LogP contribution in [0.25, 0.3) is 5.69 Å². The molecule has 2 atom stereocenters. The van der Waals surface area contributed by atoms with Crippen LogP contribution in [0.3, 0.4) is 0 Å². The number of nitrogens with two attached hydrogens (primary N) is 1. The number of alkyl halides is 6. The second-order valence-corrected chi connectivity index (χ2v) is 13.9. The highest BCUT2D eigenvalue weighted by Gasteiger charge is 2.63. The van der Waals surface area contributed by atoms with Crippen LogP contribution in [0.2, 0.25) is 20.1 Å². The molecule has 0 fully saturated rings. The molecule has 2 amide bonds. The SMILES string of the molecule is FC(F)(F)C1(c2cc(Cl)cc(Cl)c2)CC(c2ccc(-n3cnnc3)cc2)=NO1.Nc1ccc(C2=NOC(c3cc(Cl)cc(Cl)c3)(C(F)(F)F)C2)cc1.O=CNNC=O. The first kappa shape index (κ1) is 43.6. The van der Waals surface area contributed by atoms with Gasteiger partial charge in [-0.2, -0.15) is 26.3 Å². The fourth-order valence-electron chi connectivity index (χ4n) is 5.59. The summed E-state index contributed by atoms with van der Waals surface area (Å²) in [6.07, 6.45) is -6.65. The first-order chi connectivity index (χ1) is 27.4. The highest BCUT2D eigenvalue weighted by molar-refractivity contribution is 6.35. The van der Waals surface area contributed by atoms with Crippen LogP contribution < -0.4 is 16.6 Å². The Kier molecular flexibility index (Phi) is 13.5. The molecule has 2 unspecified atom stereocenters. The van der Waals surface area contributed by atoms with Crippen molar-refractivity contribution in [3.8, 4) is 5.69 Å². The quantitative estimate of drug-likeness (QED) is 0.0463. The molecule has 58 heavy (non-hydrogen) atoms. The van der Waals surface area contributed by atoms with Crippen LogP contribution in [0, 0.1) is 0 Å². The van der Waals surface area contributed by atoms with E-state index in [9.17, 15) is 35.9 Å². The maximum atomic E-state index is 14.0. The topological polar surface area (TPSA) is 158 Å². The van der Waals surface area contributed by atoms with Gasteiger partial charge < -0.3 is 15.4 Å². The number of halogens is 10. The number of benzene rings is 4. The van der Waals surface area contributed by atoms with Crippen LogP contribution in [0.1, 0.15) is 35.1 Å². The molecule has 7 rings (SSSR count). The number of nitrogens with zero attached hydrogens (tertiary/aromatic N) is 5. The van der Waals surface area contributed by atoms with Crippen molar-refractivity contribution >= 4 is 76.3 Å². The van der Waals surface area contributed by atoms with E-state index < -0.39 is 36.4 Å². The molecule has 4 aromatic carbocycles. The zero-order valence-corrected chi connectivity index (χ0v) is 32.1. The summed E-state index contributed by atoms with van der Waals surface area (Å²) in [5.74, 6) is 0. The predicted octanol–water partition coefficient (Wildman–Crippen LogP) is 8.71. The zero-order valence-electron chi connectivity index (χ0n) is 29.0. The molecule has 22 heteroatoms. The number of carbonyl (C=O) groups excluding carboxylic acids is 2. The number of hydrazine groups is 1. The van der Waals surface area contributed by atoms with Gasteiger partial charge in [0.15, 0.2) is 0 Å². The molecule has 5 aromatic rings. The Bertz CT molecular complexity index is 2250. The van der Waals surface area contributed by atoms with Crippen molar-refractivity contribution in [3.63, 3.8) is 0 Å². The van der Waals surface area contributed by atoms with E-state index in [1.807, 2.05) is 10.9 Å². The number of amides is 2. The van der Waals surface area contributed by atoms with Crippen LogP contribution in [-0.2, 0) is 30.5 Å². The van der Waals surface area contributed by atoms with Gasteiger partial charge in [0.05, 0.1) is 11.4 Å². The van der Waals surface area contributed by atoms with E-state index in [1.165, 1.54) is 49.1 Å². The third kappa shape index (κ3) is 9.75. The molecular formula is C36H26Cl4F6N8O4. The largest absolute Gasteiger partial charge is 0.435 e. The number of anilines is 1. The number of nitrogen functional groups attached to an aromatic ring is 1. The second kappa shape index (κ2) is 17.9. The lowest BCUT2D eigenvalue weighted by molar-refractivity contribution is -0.276. The van der Waals surface area contributed by atoms with Crippen molar-refractivity contribution in [2.24, 2.45) is 10.3 Å².